The van der Waals surface area contributed by atoms with Gasteiger partial charge in [-0.05, 0) is 41.7 Å². The van der Waals surface area contributed by atoms with Crippen molar-refractivity contribution in [2.75, 3.05) is 32.2 Å². The largest absolute Gasteiger partial charge is 0.493 e. The first-order valence-electron chi connectivity index (χ1n) is 9.72. The van der Waals surface area contributed by atoms with Crippen LogP contribution in [0.25, 0.3) is 0 Å². The Bertz CT molecular complexity index is 849. The minimum atomic E-state index is -0.195. The zero-order valence-electron chi connectivity index (χ0n) is 17.8. The molecule has 0 heterocycles. The smallest absolute Gasteiger partial charge is 0.240 e. The van der Waals surface area contributed by atoms with Gasteiger partial charge in [0, 0.05) is 19.2 Å². The van der Waals surface area contributed by atoms with Crippen LogP contribution < -0.4 is 19.7 Å². The number of methoxy groups -OCH3 is 2. The van der Waals surface area contributed by atoms with Crippen LogP contribution in [0.3, 0.4) is 0 Å². The Hall–Kier alpha value is -3.02. The van der Waals surface area contributed by atoms with E-state index in [4.69, 9.17) is 9.47 Å². The second-order valence-electron chi connectivity index (χ2n) is 7.11. The van der Waals surface area contributed by atoms with Gasteiger partial charge < -0.3 is 19.7 Å². The van der Waals surface area contributed by atoms with E-state index in [9.17, 15) is 9.59 Å². The highest BCUT2D eigenvalue weighted by molar-refractivity contribution is 5.98. The maximum Gasteiger partial charge on any atom is 0.240 e. The van der Waals surface area contributed by atoms with Gasteiger partial charge in [-0.15, -0.1) is 0 Å². The van der Waals surface area contributed by atoms with Crippen molar-refractivity contribution < 1.29 is 19.1 Å². The Morgan fingerprint density at radius 3 is 2.34 bits per heavy atom. The number of para-hydroxylation sites is 1. The van der Waals surface area contributed by atoms with E-state index in [1.165, 1.54) is 11.8 Å². The molecule has 0 fully saturated rings. The summed E-state index contributed by atoms with van der Waals surface area (Å²) in [6.45, 7) is 6.08. The second-order valence-corrected chi connectivity index (χ2v) is 7.11. The predicted octanol–water partition coefficient (Wildman–Crippen LogP) is 3.54. The van der Waals surface area contributed by atoms with E-state index in [0.29, 0.717) is 24.5 Å². The lowest BCUT2D eigenvalue weighted by atomic mass is 10.0. The molecule has 0 bridgehead atoms. The van der Waals surface area contributed by atoms with Crippen molar-refractivity contribution in [1.82, 2.24) is 5.32 Å². The van der Waals surface area contributed by atoms with Crippen molar-refractivity contribution in [3.63, 3.8) is 0 Å². The number of rotatable bonds is 9. The third kappa shape index (κ3) is 5.98. The van der Waals surface area contributed by atoms with Gasteiger partial charge in [0.25, 0.3) is 0 Å². The van der Waals surface area contributed by atoms with Crippen LogP contribution in [0.4, 0.5) is 5.69 Å². The average molecular weight is 399 g/mol. The predicted molar refractivity (Wildman–Crippen MR) is 115 cm³/mol. The standard InChI is InChI=1S/C23H30N2O4/c1-16(2)19-8-6-7-9-20(19)25(17(3)26)15-23(27)24-13-12-18-10-11-21(28-4)22(14-18)29-5/h6-11,14,16H,12-13,15H2,1-5H3,(H,24,27). The highest BCUT2D eigenvalue weighted by atomic mass is 16.5. The lowest BCUT2D eigenvalue weighted by Gasteiger charge is -2.25. The molecule has 1 N–H and O–H groups in total. The summed E-state index contributed by atoms with van der Waals surface area (Å²) in [5.74, 6) is 1.22. The summed E-state index contributed by atoms with van der Waals surface area (Å²) in [5.41, 5.74) is 2.85. The number of anilines is 1. The van der Waals surface area contributed by atoms with Crippen LogP contribution in [-0.2, 0) is 16.0 Å². The molecule has 0 unspecified atom stereocenters. The van der Waals surface area contributed by atoms with E-state index < -0.39 is 0 Å². The van der Waals surface area contributed by atoms with E-state index >= 15 is 0 Å². The van der Waals surface area contributed by atoms with Crippen LogP contribution in [0.2, 0.25) is 0 Å². The van der Waals surface area contributed by atoms with Crippen LogP contribution in [-0.4, -0.2) is 39.1 Å². The summed E-state index contributed by atoms with van der Waals surface area (Å²) in [7, 11) is 3.19. The molecule has 0 aliphatic carbocycles. The molecule has 6 heteroatoms. The summed E-state index contributed by atoms with van der Waals surface area (Å²) in [6, 6.07) is 13.4. The van der Waals surface area contributed by atoms with E-state index in [1.54, 1.807) is 14.2 Å². The van der Waals surface area contributed by atoms with Gasteiger partial charge >= 0.3 is 0 Å². The highest BCUT2D eigenvalue weighted by Gasteiger charge is 2.19. The highest BCUT2D eigenvalue weighted by Crippen LogP contribution is 2.28. The van der Waals surface area contributed by atoms with Crippen molar-refractivity contribution >= 4 is 17.5 Å². The number of carbonyl (C=O) groups excluding carboxylic acids is 2. The summed E-state index contributed by atoms with van der Waals surface area (Å²) < 4.78 is 10.5. The number of amides is 2. The zero-order chi connectivity index (χ0) is 21.4. The van der Waals surface area contributed by atoms with Crippen molar-refractivity contribution in [2.45, 2.75) is 33.1 Å². The Kier molecular flexibility index (Phi) is 8.07. The van der Waals surface area contributed by atoms with Crippen LogP contribution in [0.5, 0.6) is 11.5 Å². The number of nitrogens with zero attached hydrogens (tertiary/aromatic N) is 1. The third-order valence-corrected chi connectivity index (χ3v) is 4.72. The molecule has 2 aromatic rings. The van der Waals surface area contributed by atoms with Crippen molar-refractivity contribution in [1.29, 1.82) is 0 Å². The topological polar surface area (TPSA) is 67.9 Å². The summed E-state index contributed by atoms with van der Waals surface area (Å²) in [5, 5.41) is 2.90. The molecule has 0 aliphatic rings. The van der Waals surface area contributed by atoms with Gasteiger partial charge in [0.2, 0.25) is 11.8 Å². The molecule has 156 valence electrons. The van der Waals surface area contributed by atoms with Crippen LogP contribution >= 0.6 is 0 Å². The fraction of sp³-hybridized carbons (Fsp3) is 0.391. The van der Waals surface area contributed by atoms with E-state index in [-0.39, 0.29) is 24.3 Å². The first-order valence-corrected chi connectivity index (χ1v) is 9.72. The van der Waals surface area contributed by atoms with Crippen molar-refractivity contribution in [2.24, 2.45) is 0 Å². The molecule has 6 nitrogen and oxygen atoms in total. The monoisotopic (exact) mass is 398 g/mol. The molecular formula is C23H30N2O4. The van der Waals surface area contributed by atoms with Gasteiger partial charge in [-0.3, -0.25) is 9.59 Å². The first-order chi connectivity index (χ1) is 13.9. The number of hydrogen-bond donors (Lipinski definition) is 1. The molecule has 0 saturated carbocycles. The zero-order valence-corrected chi connectivity index (χ0v) is 17.8. The lowest BCUT2D eigenvalue weighted by molar-refractivity contribution is -0.123. The van der Waals surface area contributed by atoms with Crippen LogP contribution in [0.1, 0.15) is 37.8 Å². The van der Waals surface area contributed by atoms with Crippen LogP contribution in [0.15, 0.2) is 42.5 Å². The fourth-order valence-electron chi connectivity index (χ4n) is 3.17. The average Bonchev–Trinajstić information content (AvgIpc) is 2.71. The molecule has 0 aromatic heterocycles. The Balaban J connectivity index is 1.99. The minimum Gasteiger partial charge on any atom is -0.493 e. The Morgan fingerprint density at radius 1 is 1.03 bits per heavy atom. The summed E-state index contributed by atoms with van der Waals surface area (Å²) in [6.07, 6.45) is 0.648. The van der Waals surface area contributed by atoms with E-state index in [0.717, 1.165) is 16.8 Å². The normalized spacial score (nSPS) is 10.6. The molecule has 0 aliphatic heterocycles. The first kappa shape index (κ1) is 22.3. The molecule has 0 saturated heterocycles. The summed E-state index contributed by atoms with van der Waals surface area (Å²) in [4.78, 5) is 26.2. The van der Waals surface area contributed by atoms with Crippen LogP contribution in [0, 0.1) is 0 Å². The van der Waals surface area contributed by atoms with Gasteiger partial charge in [0.05, 0.1) is 14.2 Å². The molecule has 2 rings (SSSR count). The number of benzene rings is 2. The quantitative estimate of drug-likeness (QED) is 0.702. The molecular weight excluding hydrogens is 368 g/mol. The fourth-order valence-corrected chi connectivity index (χ4v) is 3.17. The molecule has 2 aromatic carbocycles. The second kappa shape index (κ2) is 10.5. The van der Waals surface area contributed by atoms with Gasteiger partial charge in [-0.1, -0.05) is 38.1 Å². The van der Waals surface area contributed by atoms with Gasteiger partial charge in [0.1, 0.15) is 6.54 Å². The van der Waals surface area contributed by atoms with Gasteiger partial charge in [-0.25, -0.2) is 0 Å². The number of nitrogens with one attached hydrogen (secondary N) is 1. The summed E-state index contributed by atoms with van der Waals surface area (Å²) >= 11 is 0. The van der Waals surface area contributed by atoms with Crippen molar-refractivity contribution in [3.05, 3.63) is 53.6 Å². The minimum absolute atomic E-state index is 0.00893. The molecule has 2 amide bonds. The molecule has 0 radical (unpaired) electrons. The number of hydrogen-bond acceptors (Lipinski definition) is 4. The SMILES string of the molecule is COc1ccc(CCNC(=O)CN(C(C)=O)c2ccccc2C(C)C)cc1OC. The maximum atomic E-state index is 12.5. The molecule has 0 spiro atoms. The van der Waals surface area contributed by atoms with Gasteiger partial charge in [0.15, 0.2) is 11.5 Å². The number of ether oxygens (including phenoxy) is 2. The maximum absolute atomic E-state index is 12.5. The van der Waals surface area contributed by atoms with E-state index in [1.807, 2.05) is 42.5 Å². The molecule has 0 atom stereocenters. The Morgan fingerprint density at radius 2 is 1.72 bits per heavy atom. The molecule has 29 heavy (non-hydrogen) atoms. The van der Waals surface area contributed by atoms with Gasteiger partial charge in [-0.2, -0.15) is 0 Å². The van der Waals surface area contributed by atoms with Crippen molar-refractivity contribution in [3.8, 4) is 11.5 Å². The van der Waals surface area contributed by atoms with E-state index in [2.05, 4.69) is 19.2 Å². The third-order valence-electron chi connectivity index (χ3n) is 4.72. The Labute approximate surface area is 172 Å². The lowest BCUT2D eigenvalue weighted by Crippen LogP contribution is -2.40. The number of carbonyl (C=O) groups is 2.